The average Bonchev–Trinajstić information content (AvgIpc) is 2.35. The van der Waals surface area contributed by atoms with Gasteiger partial charge in [-0.05, 0) is 26.3 Å². The van der Waals surface area contributed by atoms with E-state index in [9.17, 15) is 21.8 Å². The topological polar surface area (TPSA) is 43.1 Å². The summed E-state index contributed by atoms with van der Waals surface area (Å²) >= 11 is 0.397. The number of halogens is 4. The Balaban J connectivity index is 2.95. The largest absolute Gasteiger partial charge is 0.464 e. The van der Waals surface area contributed by atoms with Gasteiger partial charge < -0.3 is 5.73 Å². The van der Waals surface area contributed by atoms with Gasteiger partial charge in [-0.15, -0.1) is 0 Å². The maximum absolute atomic E-state index is 13.9. The van der Waals surface area contributed by atoms with E-state index in [4.69, 9.17) is 5.73 Å². The molecule has 0 unspecified atom stereocenters. The van der Waals surface area contributed by atoms with Crippen molar-refractivity contribution in [3.8, 4) is 0 Å². The molecule has 20 heavy (non-hydrogen) atoms. The monoisotopic (exact) mass is 310 g/mol. The Hall–Kier alpha value is -1.08. The summed E-state index contributed by atoms with van der Waals surface area (Å²) in [5, 5.41) is 0. The fourth-order valence-corrected chi connectivity index (χ4v) is 1.96. The van der Waals surface area contributed by atoms with E-state index >= 15 is 0 Å². The standard InChI is InChI=1S/C13H16F4NOS/c1-12(2,20-19)7-6-10(18)8-4-3-5-9(11(8)14)13(15,16)17/h3-5,10H,6-7,18H2,1-2H3/q+1/t10-/m1/s1. The van der Waals surface area contributed by atoms with Crippen molar-refractivity contribution in [1.82, 2.24) is 0 Å². The van der Waals surface area contributed by atoms with Gasteiger partial charge in [0.2, 0.25) is 4.75 Å². The summed E-state index contributed by atoms with van der Waals surface area (Å²) in [4.78, 5) is 0. The van der Waals surface area contributed by atoms with E-state index in [1.54, 1.807) is 13.8 Å². The zero-order valence-electron chi connectivity index (χ0n) is 11.1. The summed E-state index contributed by atoms with van der Waals surface area (Å²) < 4.78 is 61.9. The van der Waals surface area contributed by atoms with Crippen molar-refractivity contribution in [3.05, 3.63) is 35.1 Å². The Kier molecular flexibility index (Phi) is 5.21. The van der Waals surface area contributed by atoms with Gasteiger partial charge in [0.15, 0.2) is 0 Å². The SMILES string of the molecule is CC(C)(CC[C@@H](N)c1cccc(C(F)(F)F)c1F)[S+]=O. The second kappa shape index (κ2) is 6.13. The lowest BCUT2D eigenvalue weighted by Crippen LogP contribution is -2.22. The molecule has 7 heteroatoms. The Morgan fingerprint density at radius 3 is 2.40 bits per heavy atom. The highest BCUT2D eigenvalue weighted by Crippen LogP contribution is 2.34. The molecule has 1 atom stereocenters. The molecule has 1 aromatic carbocycles. The molecule has 0 spiro atoms. The second-order valence-corrected chi connectivity index (χ2v) is 6.47. The first-order valence-corrected chi connectivity index (χ1v) is 6.75. The highest BCUT2D eigenvalue weighted by molar-refractivity contribution is 7.67. The quantitative estimate of drug-likeness (QED) is 0.663. The van der Waals surface area contributed by atoms with Crippen molar-refractivity contribution in [3.63, 3.8) is 0 Å². The molecule has 0 aliphatic heterocycles. The van der Waals surface area contributed by atoms with Gasteiger partial charge in [-0.3, -0.25) is 0 Å². The summed E-state index contributed by atoms with van der Waals surface area (Å²) in [5.41, 5.74) is 4.26. The number of nitrogens with two attached hydrogens (primary N) is 1. The van der Waals surface area contributed by atoms with Crippen molar-refractivity contribution >= 4 is 11.7 Å². The molecule has 2 nitrogen and oxygen atoms in total. The van der Waals surface area contributed by atoms with Crippen LogP contribution in [0.5, 0.6) is 0 Å². The van der Waals surface area contributed by atoms with Crippen molar-refractivity contribution in [2.45, 2.75) is 43.7 Å². The molecule has 0 fully saturated rings. The van der Waals surface area contributed by atoms with Crippen LogP contribution < -0.4 is 5.73 Å². The number of alkyl halides is 3. The Morgan fingerprint density at radius 1 is 1.30 bits per heavy atom. The molecule has 112 valence electrons. The van der Waals surface area contributed by atoms with Crippen LogP contribution in [0.15, 0.2) is 18.2 Å². The molecule has 0 saturated carbocycles. The number of hydrogen-bond donors (Lipinski definition) is 1. The molecule has 0 aromatic heterocycles. The molecular formula is C13H16F4NOS+. The van der Waals surface area contributed by atoms with Crippen LogP contribution in [0.25, 0.3) is 0 Å². The van der Waals surface area contributed by atoms with Gasteiger partial charge in [0.1, 0.15) is 5.82 Å². The van der Waals surface area contributed by atoms with Crippen LogP contribution in [0.2, 0.25) is 0 Å². The predicted octanol–water partition coefficient (Wildman–Crippen LogP) is 3.83. The van der Waals surface area contributed by atoms with E-state index in [2.05, 4.69) is 0 Å². The molecule has 0 radical (unpaired) electrons. The van der Waals surface area contributed by atoms with E-state index in [0.717, 1.165) is 6.07 Å². The fourth-order valence-electron chi connectivity index (χ4n) is 1.76. The molecule has 1 rings (SSSR count). The number of rotatable bonds is 5. The summed E-state index contributed by atoms with van der Waals surface area (Å²) in [5.74, 6) is -1.33. The van der Waals surface area contributed by atoms with E-state index in [-0.39, 0.29) is 12.0 Å². The van der Waals surface area contributed by atoms with Gasteiger partial charge in [0.25, 0.3) is 0 Å². The lowest BCUT2D eigenvalue weighted by molar-refractivity contribution is -0.140. The van der Waals surface area contributed by atoms with E-state index in [1.165, 1.54) is 6.07 Å². The minimum Gasteiger partial charge on any atom is -0.324 e. The average molecular weight is 310 g/mol. The predicted molar refractivity (Wildman–Crippen MR) is 69.7 cm³/mol. The zero-order valence-corrected chi connectivity index (χ0v) is 11.9. The Bertz CT molecular complexity index is 488. The van der Waals surface area contributed by atoms with Gasteiger partial charge >= 0.3 is 17.8 Å². The van der Waals surface area contributed by atoms with Gasteiger partial charge in [0.05, 0.1) is 5.56 Å². The highest BCUT2D eigenvalue weighted by Gasteiger charge is 2.36. The fraction of sp³-hybridized carbons (Fsp3) is 0.538. The van der Waals surface area contributed by atoms with Crippen LogP contribution in [-0.4, -0.2) is 4.75 Å². The van der Waals surface area contributed by atoms with Gasteiger partial charge in [0, 0.05) is 22.2 Å². The summed E-state index contributed by atoms with van der Waals surface area (Å²) in [6, 6.07) is 2.19. The Labute approximate surface area is 118 Å². The maximum atomic E-state index is 13.9. The molecule has 0 heterocycles. The van der Waals surface area contributed by atoms with E-state index < -0.39 is 28.3 Å². The lowest BCUT2D eigenvalue weighted by Gasteiger charge is -2.17. The summed E-state index contributed by atoms with van der Waals surface area (Å²) in [7, 11) is 0. The molecule has 0 bridgehead atoms. The van der Waals surface area contributed by atoms with Crippen LogP contribution in [-0.2, 0) is 22.1 Å². The minimum absolute atomic E-state index is 0.175. The number of hydrogen-bond acceptors (Lipinski definition) is 2. The first-order valence-electron chi connectivity index (χ1n) is 6.00. The molecule has 1 aromatic rings. The smallest absolute Gasteiger partial charge is 0.324 e. The van der Waals surface area contributed by atoms with E-state index in [1.807, 2.05) is 0 Å². The third kappa shape index (κ3) is 4.21. The molecule has 2 N–H and O–H groups in total. The van der Waals surface area contributed by atoms with Crippen LogP contribution in [0, 0.1) is 5.82 Å². The molecule has 0 saturated heterocycles. The molecule has 0 aliphatic rings. The highest BCUT2D eigenvalue weighted by atomic mass is 32.1. The molecule has 0 aliphatic carbocycles. The van der Waals surface area contributed by atoms with Crippen LogP contribution >= 0.6 is 0 Å². The van der Waals surface area contributed by atoms with Crippen LogP contribution in [0.4, 0.5) is 17.6 Å². The third-order valence-electron chi connectivity index (χ3n) is 3.02. The van der Waals surface area contributed by atoms with Crippen LogP contribution in [0.3, 0.4) is 0 Å². The Morgan fingerprint density at radius 2 is 1.90 bits per heavy atom. The van der Waals surface area contributed by atoms with Gasteiger partial charge in [-0.2, -0.15) is 13.2 Å². The first-order chi connectivity index (χ1) is 9.08. The third-order valence-corrected chi connectivity index (χ3v) is 3.67. The first kappa shape index (κ1) is 17.0. The zero-order chi connectivity index (χ0) is 15.6. The minimum atomic E-state index is -4.75. The van der Waals surface area contributed by atoms with E-state index in [0.29, 0.717) is 24.2 Å². The molecule has 0 amide bonds. The van der Waals surface area contributed by atoms with Crippen LogP contribution in [0.1, 0.15) is 43.9 Å². The van der Waals surface area contributed by atoms with Crippen molar-refractivity contribution in [1.29, 1.82) is 0 Å². The van der Waals surface area contributed by atoms with Gasteiger partial charge in [-0.25, -0.2) is 4.39 Å². The summed E-state index contributed by atoms with van der Waals surface area (Å²) in [6.07, 6.45) is -4.12. The normalized spacial score (nSPS) is 14.2. The molecular weight excluding hydrogens is 294 g/mol. The van der Waals surface area contributed by atoms with Crippen molar-refractivity contribution in [2.24, 2.45) is 5.73 Å². The number of benzene rings is 1. The lowest BCUT2D eigenvalue weighted by atomic mass is 9.96. The second-order valence-electron chi connectivity index (χ2n) is 5.19. The summed E-state index contributed by atoms with van der Waals surface area (Å²) in [6.45, 7) is 3.42. The van der Waals surface area contributed by atoms with Crippen molar-refractivity contribution < 1.29 is 21.8 Å². The van der Waals surface area contributed by atoms with Gasteiger partial charge in [-0.1, -0.05) is 12.1 Å². The maximum Gasteiger partial charge on any atom is 0.464 e. The van der Waals surface area contributed by atoms with Crippen molar-refractivity contribution in [2.75, 3.05) is 0 Å².